The first kappa shape index (κ1) is 23.2. The summed E-state index contributed by atoms with van der Waals surface area (Å²) in [6.07, 6.45) is 16.5. The van der Waals surface area contributed by atoms with Gasteiger partial charge in [0.1, 0.15) is 0 Å². The second-order valence-corrected chi connectivity index (χ2v) is 8.88. The molecule has 0 N–H and O–H groups in total. The summed E-state index contributed by atoms with van der Waals surface area (Å²) in [7, 11) is 0. The van der Waals surface area contributed by atoms with Crippen LogP contribution in [-0.2, 0) is 6.42 Å². The topological polar surface area (TPSA) is 24.7 Å². The lowest BCUT2D eigenvalue weighted by Gasteiger charge is -2.29. The maximum absolute atomic E-state index is 4.76. The highest BCUT2D eigenvalue weighted by molar-refractivity contribution is 6.02. The van der Waals surface area contributed by atoms with Crippen LogP contribution in [0.2, 0.25) is 0 Å². The average Bonchev–Trinajstić information content (AvgIpc) is 2.83. The maximum Gasteiger partial charge on any atom is 0.0733 e. The van der Waals surface area contributed by atoms with Gasteiger partial charge in [0.05, 0.1) is 11.9 Å². The summed E-state index contributed by atoms with van der Waals surface area (Å²) in [6.45, 7) is 6.09. The monoisotopic (exact) mass is 414 g/mol. The summed E-state index contributed by atoms with van der Waals surface area (Å²) in [5.41, 5.74) is 4.81. The lowest BCUT2D eigenvalue weighted by atomic mass is 9.76. The molecule has 2 heteroatoms. The van der Waals surface area contributed by atoms with E-state index >= 15 is 0 Å². The number of nitrogens with zero attached hydrogens (tertiary/aromatic N) is 2. The Hall–Kier alpha value is -2.48. The minimum absolute atomic E-state index is 0.517. The first-order valence-corrected chi connectivity index (χ1v) is 12.2. The normalized spacial score (nSPS) is 19.6. The third-order valence-electron chi connectivity index (χ3n) is 6.51. The van der Waals surface area contributed by atoms with Crippen molar-refractivity contribution in [1.82, 2.24) is 0 Å². The molecule has 0 aromatic heterocycles. The molecule has 0 spiro atoms. The van der Waals surface area contributed by atoms with Crippen LogP contribution in [-0.4, -0.2) is 11.9 Å². The van der Waals surface area contributed by atoms with E-state index in [0.29, 0.717) is 5.92 Å². The molecule has 164 valence electrons. The van der Waals surface area contributed by atoms with Crippen molar-refractivity contribution in [1.29, 1.82) is 0 Å². The van der Waals surface area contributed by atoms with Crippen LogP contribution in [0.15, 0.2) is 77.5 Å². The van der Waals surface area contributed by atoms with E-state index in [1.54, 1.807) is 0 Å². The van der Waals surface area contributed by atoms with E-state index in [2.05, 4.69) is 73.2 Å². The minimum atomic E-state index is 0.517. The number of hydrogen-bond acceptors (Lipinski definition) is 2. The molecule has 1 saturated carbocycles. The second-order valence-electron chi connectivity index (χ2n) is 8.88. The van der Waals surface area contributed by atoms with E-state index in [1.807, 2.05) is 12.3 Å². The van der Waals surface area contributed by atoms with E-state index in [-0.39, 0.29) is 0 Å². The van der Waals surface area contributed by atoms with Gasteiger partial charge in [-0.05, 0) is 61.1 Å². The molecule has 0 radical (unpaired) electrons. The van der Waals surface area contributed by atoms with E-state index in [1.165, 1.54) is 62.5 Å². The molecule has 0 heterocycles. The number of allylic oxidation sites excluding steroid dienone is 1. The molecular weight excluding hydrogens is 376 g/mol. The first-order valence-electron chi connectivity index (χ1n) is 12.2. The van der Waals surface area contributed by atoms with Crippen molar-refractivity contribution in [3.8, 4) is 0 Å². The van der Waals surface area contributed by atoms with Gasteiger partial charge in [0.15, 0.2) is 0 Å². The molecule has 2 nitrogen and oxygen atoms in total. The van der Waals surface area contributed by atoms with Gasteiger partial charge in [-0.3, -0.25) is 0 Å². The fraction of sp³-hybridized carbons (Fsp3) is 0.448. The molecule has 0 aliphatic heterocycles. The SMILES string of the molecule is C=CCCc1ccc(C=NN=C(c2ccccc2)C2CCC(CCCCC)CC2)cc1. The number of benzene rings is 2. The highest BCUT2D eigenvalue weighted by Crippen LogP contribution is 2.34. The van der Waals surface area contributed by atoms with Gasteiger partial charge in [-0.25, -0.2) is 0 Å². The predicted octanol–water partition coefficient (Wildman–Crippen LogP) is 8.02. The summed E-state index contributed by atoms with van der Waals surface area (Å²) in [5, 5.41) is 9.27. The number of aryl methyl sites for hydroxylation is 1. The Morgan fingerprint density at radius 3 is 2.39 bits per heavy atom. The Labute approximate surface area is 189 Å². The van der Waals surface area contributed by atoms with Crippen LogP contribution in [0, 0.1) is 11.8 Å². The van der Waals surface area contributed by atoms with Gasteiger partial charge in [0.2, 0.25) is 0 Å². The van der Waals surface area contributed by atoms with Crippen LogP contribution >= 0.6 is 0 Å². The summed E-state index contributed by atoms with van der Waals surface area (Å²) in [5.74, 6) is 1.42. The zero-order valence-corrected chi connectivity index (χ0v) is 19.2. The van der Waals surface area contributed by atoms with Crippen LogP contribution < -0.4 is 0 Å². The van der Waals surface area contributed by atoms with Crippen molar-refractivity contribution >= 4 is 11.9 Å². The first-order chi connectivity index (χ1) is 15.3. The van der Waals surface area contributed by atoms with Gasteiger partial charge in [0.25, 0.3) is 0 Å². The molecule has 3 rings (SSSR count). The molecule has 1 aliphatic rings. The third-order valence-corrected chi connectivity index (χ3v) is 6.51. The second kappa shape index (κ2) is 13.0. The zero-order chi connectivity index (χ0) is 21.7. The molecule has 31 heavy (non-hydrogen) atoms. The van der Waals surface area contributed by atoms with Crippen molar-refractivity contribution < 1.29 is 0 Å². The van der Waals surface area contributed by atoms with Gasteiger partial charge in [-0.1, -0.05) is 93.3 Å². The summed E-state index contributed by atoms with van der Waals surface area (Å²) >= 11 is 0. The van der Waals surface area contributed by atoms with Gasteiger partial charge in [0, 0.05) is 5.92 Å². The fourth-order valence-corrected chi connectivity index (χ4v) is 4.59. The molecule has 2 aromatic rings. The molecule has 0 bridgehead atoms. The Kier molecular flexibility index (Phi) is 9.76. The Bertz CT molecular complexity index is 825. The molecular formula is C29H38N2. The lowest BCUT2D eigenvalue weighted by Crippen LogP contribution is -2.22. The summed E-state index contributed by atoms with van der Waals surface area (Å²) < 4.78 is 0. The van der Waals surface area contributed by atoms with Crippen LogP contribution in [0.4, 0.5) is 0 Å². The highest BCUT2D eigenvalue weighted by Gasteiger charge is 2.25. The minimum Gasteiger partial charge on any atom is -0.158 e. The van der Waals surface area contributed by atoms with Gasteiger partial charge in [-0.15, -0.1) is 6.58 Å². The van der Waals surface area contributed by atoms with Crippen LogP contribution in [0.1, 0.15) is 81.4 Å². The van der Waals surface area contributed by atoms with Crippen molar-refractivity contribution in [2.24, 2.45) is 22.0 Å². The fourth-order valence-electron chi connectivity index (χ4n) is 4.59. The Morgan fingerprint density at radius 2 is 1.71 bits per heavy atom. The van der Waals surface area contributed by atoms with E-state index in [9.17, 15) is 0 Å². The molecule has 1 fully saturated rings. The zero-order valence-electron chi connectivity index (χ0n) is 19.2. The van der Waals surface area contributed by atoms with Crippen molar-refractivity contribution in [3.63, 3.8) is 0 Å². The smallest absolute Gasteiger partial charge is 0.0733 e. The summed E-state index contributed by atoms with van der Waals surface area (Å²) in [4.78, 5) is 0. The number of rotatable bonds is 11. The molecule has 0 saturated heterocycles. The lowest BCUT2D eigenvalue weighted by molar-refractivity contribution is 0.299. The number of hydrogen-bond donors (Lipinski definition) is 0. The third kappa shape index (κ3) is 7.61. The predicted molar refractivity (Wildman–Crippen MR) is 135 cm³/mol. The quantitative estimate of drug-likeness (QED) is 0.154. The number of unbranched alkanes of at least 4 members (excludes halogenated alkanes) is 2. The molecule has 0 amide bonds. The van der Waals surface area contributed by atoms with E-state index < -0.39 is 0 Å². The highest BCUT2D eigenvalue weighted by atomic mass is 15.2. The average molecular weight is 415 g/mol. The Morgan fingerprint density at radius 1 is 0.968 bits per heavy atom. The van der Waals surface area contributed by atoms with Crippen LogP contribution in [0.25, 0.3) is 0 Å². The molecule has 0 atom stereocenters. The van der Waals surface area contributed by atoms with E-state index in [4.69, 9.17) is 5.10 Å². The van der Waals surface area contributed by atoms with Gasteiger partial charge >= 0.3 is 0 Å². The van der Waals surface area contributed by atoms with Crippen molar-refractivity contribution in [2.75, 3.05) is 0 Å². The van der Waals surface area contributed by atoms with Gasteiger partial charge in [-0.2, -0.15) is 10.2 Å². The van der Waals surface area contributed by atoms with Crippen LogP contribution in [0.5, 0.6) is 0 Å². The standard InChI is InChI=1S/C29H38N2/c1-3-5-8-12-25-19-21-28(22-20-25)29(27-13-9-7-10-14-27)31-30-23-26-17-15-24(16-18-26)11-6-4-2/h4,7,9-10,13-18,23,25,28H,2-3,5-6,8,11-12,19-22H2,1H3. The van der Waals surface area contributed by atoms with Gasteiger partial charge < -0.3 is 0 Å². The largest absolute Gasteiger partial charge is 0.158 e. The van der Waals surface area contributed by atoms with Crippen molar-refractivity contribution in [3.05, 3.63) is 83.9 Å². The molecule has 1 aliphatic carbocycles. The van der Waals surface area contributed by atoms with E-state index in [0.717, 1.165) is 30.0 Å². The molecule has 2 aromatic carbocycles. The summed E-state index contributed by atoms with van der Waals surface area (Å²) in [6, 6.07) is 19.2. The maximum atomic E-state index is 4.76. The van der Waals surface area contributed by atoms with Crippen LogP contribution in [0.3, 0.4) is 0 Å². The van der Waals surface area contributed by atoms with Crippen molar-refractivity contribution in [2.45, 2.75) is 71.1 Å². The Balaban J connectivity index is 1.66. The molecule has 0 unspecified atom stereocenters.